The number of rotatable bonds is 1. The van der Waals surface area contributed by atoms with Crippen LogP contribution in [0.4, 0.5) is 18.9 Å². The first-order valence-corrected chi connectivity index (χ1v) is 5.77. The van der Waals surface area contributed by atoms with Gasteiger partial charge in [0.2, 0.25) is 0 Å². The second-order valence-corrected chi connectivity index (χ2v) is 4.36. The second kappa shape index (κ2) is 5.00. The molecule has 0 aliphatic rings. The van der Waals surface area contributed by atoms with Gasteiger partial charge in [-0.15, -0.1) is 0 Å². The van der Waals surface area contributed by atoms with Gasteiger partial charge in [-0.05, 0) is 42.9 Å². The summed E-state index contributed by atoms with van der Waals surface area (Å²) in [4.78, 5) is 0. The molecule has 100 valence electrons. The highest BCUT2D eigenvalue weighted by Gasteiger charge is 2.30. The number of benzene rings is 1. The third-order valence-electron chi connectivity index (χ3n) is 2.36. The predicted molar refractivity (Wildman–Crippen MR) is 70.0 cm³/mol. The van der Waals surface area contributed by atoms with Crippen molar-refractivity contribution in [3.05, 3.63) is 47.8 Å². The lowest BCUT2D eigenvalue weighted by molar-refractivity contribution is -0.137. The number of thiocarbonyl (C=S) groups is 1. The van der Waals surface area contributed by atoms with Crippen molar-refractivity contribution in [2.24, 2.45) is 0 Å². The minimum absolute atomic E-state index is 0.215. The van der Waals surface area contributed by atoms with Crippen molar-refractivity contribution in [2.45, 2.75) is 13.1 Å². The number of anilines is 1. The molecule has 2 rings (SSSR count). The molecular weight excluding hydrogens is 275 g/mol. The Hall–Kier alpha value is -1.89. The van der Waals surface area contributed by atoms with Gasteiger partial charge in [0.1, 0.15) is 0 Å². The Morgan fingerprint density at radius 1 is 1.37 bits per heavy atom. The topological polar surface area (TPSA) is 29.9 Å². The number of nitrogens with one attached hydrogen (secondary N) is 1. The molecule has 0 spiro atoms. The van der Waals surface area contributed by atoms with Gasteiger partial charge in [0.05, 0.1) is 11.8 Å². The zero-order valence-corrected chi connectivity index (χ0v) is 10.7. The molecular formula is C12H10F3N3S. The lowest BCUT2D eigenvalue weighted by atomic mass is 10.2. The Bertz CT molecular complexity index is 604. The molecule has 0 amide bonds. The van der Waals surface area contributed by atoms with E-state index in [1.807, 2.05) is 6.92 Å². The number of hydrogen-bond donors (Lipinski definition) is 1. The first kappa shape index (κ1) is 13.5. The average Bonchev–Trinajstić information content (AvgIpc) is 2.75. The summed E-state index contributed by atoms with van der Waals surface area (Å²) in [6.45, 7) is 1.84. The third kappa shape index (κ3) is 3.31. The van der Waals surface area contributed by atoms with Gasteiger partial charge in [-0.2, -0.15) is 18.3 Å². The number of halogens is 3. The SMILES string of the molecule is Cc1cnn(C(=S)Nc2cccc(C(F)(F)F)c2)c1. The van der Waals surface area contributed by atoms with Gasteiger partial charge >= 0.3 is 6.18 Å². The minimum atomic E-state index is -4.37. The van der Waals surface area contributed by atoms with Gasteiger partial charge in [-0.3, -0.25) is 0 Å². The van der Waals surface area contributed by atoms with Crippen molar-refractivity contribution in [1.29, 1.82) is 0 Å². The monoisotopic (exact) mass is 285 g/mol. The smallest absolute Gasteiger partial charge is 0.331 e. The maximum atomic E-state index is 12.6. The zero-order valence-electron chi connectivity index (χ0n) is 9.90. The van der Waals surface area contributed by atoms with E-state index in [0.29, 0.717) is 0 Å². The fraction of sp³-hybridized carbons (Fsp3) is 0.167. The molecule has 19 heavy (non-hydrogen) atoms. The third-order valence-corrected chi connectivity index (χ3v) is 2.65. The number of alkyl halides is 3. The minimum Gasteiger partial charge on any atom is -0.331 e. The van der Waals surface area contributed by atoms with Gasteiger partial charge in [-0.25, -0.2) is 4.68 Å². The molecule has 7 heteroatoms. The summed E-state index contributed by atoms with van der Waals surface area (Å²) in [5, 5.41) is 6.90. The van der Waals surface area contributed by atoms with Gasteiger partial charge in [0.15, 0.2) is 5.11 Å². The summed E-state index contributed by atoms with van der Waals surface area (Å²) < 4.78 is 39.1. The molecule has 1 N–H and O–H groups in total. The summed E-state index contributed by atoms with van der Waals surface area (Å²) in [5.41, 5.74) is 0.457. The van der Waals surface area contributed by atoms with E-state index in [1.54, 1.807) is 12.4 Å². The standard InChI is InChI=1S/C12H10F3N3S/c1-8-6-16-18(7-8)11(19)17-10-4-2-3-9(5-10)12(13,14)15/h2-7H,1H3,(H,17,19). The largest absolute Gasteiger partial charge is 0.416 e. The van der Waals surface area contributed by atoms with E-state index in [0.717, 1.165) is 17.7 Å². The average molecular weight is 285 g/mol. The summed E-state index contributed by atoms with van der Waals surface area (Å²) >= 11 is 5.06. The van der Waals surface area contributed by atoms with Crippen LogP contribution in [0, 0.1) is 6.92 Å². The van der Waals surface area contributed by atoms with Crippen LogP contribution in [0.15, 0.2) is 36.7 Å². The molecule has 0 aliphatic heterocycles. The van der Waals surface area contributed by atoms with Gasteiger partial charge in [0.25, 0.3) is 0 Å². The predicted octanol–water partition coefficient (Wildman–Crippen LogP) is 3.46. The Morgan fingerprint density at radius 2 is 2.11 bits per heavy atom. The molecule has 1 aromatic heterocycles. The number of hydrogen-bond acceptors (Lipinski definition) is 2. The first-order chi connectivity index (χ1) is 8.86. The maximum Gasteiger partial charge on any atom is 0.416 e. The summed E-state index contributed by atoms with van der Waals surface area (Å²) in [5.74, 6) is 0. The number of nitrogens with zero attached hydrogens (tertiary/aromatic N) is 2. The van der Waals surface area contributed by atoms with Crippen LogP contribution in [0.25, 0.3) is 0 Å². The summed E-state index contributed by atoms with van der Waals surface area (Å²) in [7, 11) is 0. The van der Waals surface area contributed by atoms with Crippen LogP contribution in [0.2, 0.25) is 0 Å². The van der Waals surface area contributed by atoms with Crippen LogP contribution in [-0.4, -0.2) is 14.9 Å². The first-order valence-electron chi connectivity index (χ1n) is 5.36. The molecule has 0 saturated heterocycles. The van der Waals surface area contributed by atoms with E-state index in [4.69, 9.17) is 12.2 Å². The number of aryl methyl sites for hydroxylation is 1. The fourth-order valence-corrected chi connectivity index (χ4v) is 1.70. The summed E-state index contributed by atoms with van der Waals surface area (Å²) in [6, 6.07) is 4.84. The van der Waals surface area contributed by atoms with E-state index >= 15 is 0 Å². The molecule has 0 atom stereocenters. The van der Waals surface area contributed by atoms with Crippen molar-refractivity contribution >= 4 is 23.0 Å². The van der Waals surface area contributed by atoms with E-state index in [9.17, 15) is 13.2 Å². The molecule has 0 aliphatic carbocycles. The molecule has 0 bridgehead atoms. The molecule has 0 radical (unpaired) electrons. The van der Waals surface area contributed by atoms with E-state index < -0.39 is 11.7 Å². The van der Waals surface area contributed by atoms with Crippen LogP contribution in [0.3, 0.4) is 0 Å². The van der Waals surface area contributed by atoms with Crippen molar-refractivity contribution in [1.82, 2.24) is 9.78 Å². The van der Waals surface area contributed by atoms with Crippen molar-refractivity contribution in [3.63, 3.8) is 0 Å². The van der Waals surface area contributed by atoms with Crippen LogP contribution < -0.4 is 5.32 Å². The molecule has 2 aromatic rings. The normalized spacial score (nSPS) is 11.4. The quantitative estimate of drug-likeness (QED) is 0.814. The van der Waals surface area contributed by atoms with Gasteiger partial charge in [0, 0.05) is 11.9 Å². The molecule has 1 aromatic carbocycles. The maximum absolute atomic E-state index is 12.6. The van der Waals surface area contributed by atoms with E-state index in [1.165, 1.54) is 16.8 Å². The Kier molecular flexibility index (Phi) is 3.57. The van der Waals surface area contributed by atoms with Crippen molar-refractivity contribution in [3.8, 4) is 0 Å². The van der Waals surface area contributed by atoms with Crippen LogP contribution in [-0.2, 0) is 6.18 Å². The summed E-state index contributed by atoms with van der Waals surface area (Å²) in [6.07, 6.45) is -1.08. The molecule has 0 saturated carbocycles. The second-order valence-electron chi connectivity index (χ2n) is 3.97. The fourth-order valence-electron chi connectivity index (χ4n) is 1.48. The van der Waals surface area contributed by atoms with Crippen LogP contribution in [0.1, 0.15) is 11.1 Å². The highest BCUT2D eigenvalue weighted by atomic mass is 32.1. The van der Waals surface area contributed by atoms with Crippen LogP contribution in [0.5, 0.6) is 0 Å². The highest BCUT2D eigenvalue weighted by molar-refractivity contribution is 7.80. The van der Waals surface area contributed by atoms with Crippen molar-refractivity contribution in [2.75, 3.05) is 5.32 Å². The molecule has 0 unspecified atom stereocenters. The molecule has 0 fully saturated rings. The Morgan fingerprint density at radius 3 is 2.68 bits per heavy atom. The lowest BCUT2D eigenvalue weighted by Gasteiger charge is -2.11. The molecule has 1 heterocycles. The lowest BCUT2D eigenvalue weighted by Crippen LogP contribution is -2.19. The van der Waals surface area contributed by atoms with Crippen molar-refractivity contribution < 1.29 is 13.2 Å². The Balaban J connectivity index is 2.18. The number of aromatic nitrogens is 2. The van der Waals surface area contributed by atoms with E-state index in [-0.39, 0.29) is 10.8 Å². The van der Waals surface area contributed by atoms with Gasteiger partial charge in [-0.1, -0.05) is 6.07 Å². The van der Waals surface area contributed by atoms with Gasteiger partial charge < -0.3 is 5.32 Å². The Labute approximate surface area is 113 Å². The highest BCUT2D eigenvalue weighted by Crippen LogP contribution is 2.30. The van der Waals surface area contributed by atoms with Crippen LogP contribution >= 0.6 is 12.2 Å². The zero-order chi connectivity index (χ0) is 14.0. The van der Waals surface area contributed by atoms with E-state index in [2.05, 4.69) is 10.4 Å². The molecule has 3 nitrogen and oxygen atoms in total.